The number of hydrogen-bond acceptors (Lipinski definition) is 5. The normalized spacial score (nSPS) is 13.1. The first-order valence-electron chi connectivity index (χ1n) is 7.49. The fourth-order valence-corrected chi connectivity index (χ4v) is 2.58. The van der Waals surface area contributed by atoms with Crippen LogP contribution in [0.5, 0.6) is 0 Å². The quantitative estimate of drug-likeness (QED) is 0.318. The first-order valence-corrected chi connectivity index (χ1v) is 8.99. The van der Waals surface area contributed by atoms with E-state index in [9.17, 15) is 18.0 Å². The second-order valence-corrected chi connectivity index (χ2v) is 7.32. The molecule has 0 fully saturated rings. The van der Waals surface area contributed by atoms with Gasteiger partial charge < -0.3 is 9.84 Å². The van der Waals surface area contributed by atoms with Gasteiger partial charge >= 0.3 is 11.9 Å². The van der Waals surface area contributed by atoms with Crippen molar-refractivity contribution in [1.82, 2.24) is 0 Å². The SMILES string of the molecule is CC(C)CCCCCCCOC(=O)[C@@H](CC(=O)O)S(=O)(=O)O. The number of carbonyl (C=O) groups excluding carboxylic acids is 1. The predicted molar refractivity (Wildman–Crippen MR) is 81.1 cm³/mol. The van der Waals surface area contributed by atoms with Gasteiger partial charge in [-0.1, -0.05) is 46.0 Å². The maximum absolute atomic E-state index is 11.5. The summed E-state index contributed by atoms with van der Waals surface area (Å²) < 4.78 is 35.5. The summed E-state index contributed by atoms with van der Waals surface area (Å²) in [5, 5.41) is 6.48. The van der Waals surface area contributed by atoms with Gasteiger partial charge in [0.2, 0.25) is 0 Å². The maximum atomic E-state index is 11.5. The Hall–Kier alpha value is -1.15. The molecule has 0 unspecified atom stereocenters. The number of rotatable bonds is 12. The summed E-state index contributed by atoms with van der Waals surface area (Å²) in [4.78, 5) is 22.0. The third kappa shape index (κ3) is 10.6. The van der Waals surface area contributed by atoms with Crippen molar-refractivity contribution in [2.75, 3.05) is 6.61 Å². The molecule has 0 saturated carbocycles. The van der Waals surface area contributed by atoms with Gasteiger partial charge in [0.05, 0.1) is 13.0 Å². The van der Waals surface area contributed by atoms with E-state index in [0.29, 0.717) is 12.3 Å². The maximum Gasteiger partial charge on any atom is 0.327 e. The summed E-state index contributed by atoms with van der Waals surface area (Å²) in [6.45, 7) is 4.36. The molecule has 2 N–H and O–H groups in total. The van der Waals surface area contributed by atoms with Gasteiger partial charge in [0.25, 0.3) is 10.1 Å². The van der Waals surface area contributed by atoms with Gasteiger partial charge in [-0.3, -0.25) is 14.1 Å². The summed E-state index contributed by atoms with van der Waals surface area (Å²) in [5.41, 5.74) is 0. The van der Waals surface area contributed by atoms with E-state index >= 15 is 0 Å². The molecule has 0 bridgehead atoms. The average Bonchev–Trinajstić information content (AvgIpc) is 2.37. The molecule has 0 radical (unpaired) electrons. The van der Waals surface area contributed by atoms with Gasteiger partial charge in [0, 0.05) is 0 Å². The predicted octanol–water partition coefficient (Wildman–Crippen LogP) is 2.26. The number of aliphatic carboxylic acids is 1. The lowest BCUT2D eigenvalue weighted by Gasteiger charge is -2.11. The molecular formula is C14H26O7S. The van der Waals surface area contributed by atoms with Crippen LogP contribution in [0.25, 0.3) is 0 Å². The molecule has 0 spiro atoms. The van der Waals surface area contributed by atoms with E-state index in [2.05, 4.69) is 13.8 Å². The second-order valence-electron chi connectivity index (χ2n) is 5.72. The van der Waals surface area contributed by atoms with E-state index in [1.54, 1.807) is 0 Å². The van der Waals surface area contributed by atoms with Crippen molar-refractivity contribution in [3.63, 3.8) is 0 Å². The standard InChI is InChI=1S/C14H26O7S/c1-11(2)8-6-4-3-5-7-9-21-14(17)12(10-13(15)16)22(18,19)20/h11-12H,3-10H2,1-2H3,(H,15,16)(H,18,19,20)/t12-/m1/s1. The highest BCUT2D eigenvalue weighted by Gasteiger charge is 2.34. The Morgan fingerprint density at radius 3 is 2.09 bits per heavy atom. The van der Waals surface area contributed by atoms with Crippen molar-refractivity contribution in [2.24, 2.45) is 5.92 Å². The summed E-state index contributed by atoms with van der Waals surface area (Å²) in [6.07, 6.45) is 4.85. The van der Waals surface area contributed by atoms with E-state index in [1.807, 2.05) is 0 Å². The molecule has 0 aliphatic heterocycles. The molecule has 130 valence electrons. The molecule has 7 nitrogen and oxygen atoms in total. The van der Waals surface area contributed by atoms with Crippen LogP contribution in [0.2, 0.25) is 0 Å². The van der Waals surface area contributed by atoms with Crippen LogP contribution in [0.4, 0.5) is 0 Å². The van der Waals surface area contributed by atoms with Crippen LogP contribution in [-0.4, -0.2) is 41.9 Å². The van der Waals surface area contributed by atoms with Crippen LogP contribution in [0, 0.1) is 5.92 Å². The molecule has 0 aliphatic rings. The number of carboxylic acids is 1. The zero-order chi connectivity index (χ0) is 17.2. The van der Waals surface area contributed by atoms with Crippen LogP contribution in [0.3, 0.4) is 0 Å². The van der Waals surface area contributed by atoms with Crippen molar-refractivity contribution in [1.29, 1.82) is 0 Å². The summed E-state index contributed by atoms with van der Waals surface area (Å²) in [6, 6.07) is 0. The van der Waals surface area contributed by atoms with Crippen LogP contribution in [0.15, 0.2) is 0 Å². The van der Waals surface area contributed by atoms with Gasteiger partial charge in [-0.2, -0.15) is 8.42 Å². The summed E-state index contributed by atoms with van der Waals surface area (Å²) in [5.74, 6) is -2.03. The number of carbonyl (C=O) groups is 2. The van der Waals surface area contributed by atoms with Gasteiger partial charge in [0.15, 0.2) is 5.25 Å². The Morgan fingerprint density at radius 1 is 1.05 bits per heavy atom. The molecule has 0 rings (SSSR count). The summed E-state index contributed by atoms with van der Waals surface area (Å²) in [7, 11) is -4.78. The molecule has 0 amide bonds. The molecule has 0 heterocycles. The first-order chi connectivity index (χ1) is 10.1. The molecule has 0 aromatic carbocycles. The van der Waals surface area contributed by atoms with Crippen molar-refractivity contribution < 1.29 is 32.4 Å². The minimum Gasteiger partial charge on any atom is -0.481 e. The summed E-state index contributed by atoms with van der Waals surface area (Å²) >= 11 is 0. The molecule has 0 aromatic rings. The lowest BCUT2D eigenvalue weighted by Crippen LogP contribution is -2.34. The molecular weight excluding hydrogens is 312 g/mol. The van der Waals surface area contributed by atoms with Gasteiger partial charge in [0.1, 0.15) is 0 Å². The first kappa shape index (κ1) is 20.9. The molecule has 0 aromatic heterocycles. The molecule has 1 atom stereocenters. The van der Waals surface area contributed by atoms with Crippen molar-refractivity contribution in [3.8, 4) is 0 Å². The molecule has 0 saturated heterocycles. The monoisotopic (exact) mass is 338 g/mol. The number of ether oxygens (including phenoxy) is 1. The van der Waals surface area contributed by atoms with Crippen LogP contribution in [-0.2, 0) is 24.4 Å². The van der Waals surface area contributed by atoms with Gasteiger partial charge in [-0.25, -0.2) is 0 Å². The van der Waals surface area contributed by atoms with E-state index in [-0.39, 0.29) is 6.61 Å². The fourth-order valence-electron chi connectivity index (χ4n) is 1.92. The number of esters is 1. The lowest BCUT2D eigenvalue weighted by molar-refractivity contribution is -0.147. The Kier molecular flexibility index (Phi) is 10.0. The minimum absolute atomic E-state index is 0.0225. The Labute approximate surface area is 131 Å². The van der Waals surface area contributed by atoms with Gasteiger partial charge in [-0.05, 0) is 12.3 Å². The third-order valence-electron chi connectivity index (χ3n) is 3.15. The Bertz CT molecular complexity index is 442. The van der Waals surface area contributed by atoms with Crippen molar-refractivity contribution in [2.45, 2.75) is 64.0 Å². The fraction of sp³-hybridized carbons (Fsp3) is 0.857. The van der Waals surface area contributed by atoms with E-state index < -0.39 is 33.7 Å². The lowest BCUT2D eigenvalue weighted by atomic mass is 10.0. The largest absolute Gasteiger partial charge is 0.481 e. The second kappa shape index (κ2) is 10.6. The number of unbranched alkanes of at least 4 members (excludes halogenated alkanes) is 4. The zero-order valence-electron chi connectivity index (χ0n) is 13.2. The van der Waals surface area contributed by atoms with Crippen LogP contribution in [0.1, 0.15) is 58.8 Å². The average molecular weight is 338 g/mol. The smallest absolute Gasteiger partial charge is 0.327 e. The van der Waals surface area contributed by atoms with Crippen LogP contribution >= 0.6 is 0 Å². The van der Waals surface area contributed by atoms with Crippen LogP contribution < -0.4 is 0 Å². The van der Waals surface area contributed by atoms with E-state index in [4.69, 9.17) is 14.4 Å². The van der Waals surface area contributed by atoms with E-state index in [1.165, 1.54) is 6.42 Å². The highest BCUT2D eigenvalue weighted by Crippen LogP contribution is 2.11. The molecule has 0 aliphatic carbocycles. The van der Waals surface area contributed by atoms with Crippen molar-refractivity contribution >= 4 is 22.1 Å². The topological polar surface area (TPSA) is 118 Å². The van der Waals surface area contributed by atoms with E-state index in [0.717, 1.165) is 25.7 Å². The molecule has 22 heavy (non-hydrogen) atoms. The minimum atomic E-state index is -4.78. The number of hydrogen-bond donors (Lipinski definition) is 2. The third-order valence-corrected chi connectivity index (χ3v) is 4.23. The van der Waals surface area contributed by atoms with Crippen molar-refractivity contribution in [3.05, 3.63) is 0 Å². The Morgan fingerprint density at radius 2 is 1.59 bits per heavy atom. The highest BCUT2D eigenvalue weighted by molar-refractivity contribution is 7.87. The molecule has 8 heteroatoms. The number of carboxylic acid groups (broad SMARTS) is 1. The van der Waals surface area contributed by atoms with Gasteiger partial charge in [-0.15, -0.1) is 0 Å². The highest BCUT2D eigenvalue weighted by atomic mass is 32.2. The zero-order valence-corrected chi connectivity index (χ0v) is 14.0. The Balaban J connectivity index is 3.93.